The number of nitrogens with one attached hydrogen (secondary N) is 1. The first-order valence-corrected chi connectivity index (χ1v) is 9.10. The molecule has 1 N–H and O–H groups in total. The van der Waals surface area contributed by atoms with Crippen molar-refractivity contribution in [3.63, 3.8) is 0 Å². The number of carbonyl (C=O) groups is 1. The Morgan fingerprint density at radius 3 is 2.71 bits per heavy atom. The van der Waals surface area contributed by atoms with Gasteiger partial charge in [0.2, 0.25) is 4.96 Å². The maximum absolute atomic E-state index is 12.5. The summed E-state index contributed by atoms with van der Waals surface area (Å²) >= 11 is 1.40. The minimum Gasteiger partial charge on any atom is -0.322 e. The Bertz CT molecular complexity index is 1230. The highest BCUT2D eigenvalue weighted by atomic mass is 32.1. The summed E-state index contributed by atoms with van der Waals surface area (Å²) in [5.74, 6) is 0.361. The lowest BCUT2D eigenvalue weighted by atomic mass is 10.1. The van der Waals surface area contributed by atoms with Gasteiger partial charge in [0, 0.05) is 28.4 Å². The molecule has 2 heterocycles. The zero-order chi connectivity index (χ0) is 19.8. The molecule has 2 aromatic heterocycles. The van der Waals surface area contributed by atoms with Crippen LogP contribution in [-0.2, 0) is 0 Å². The third-order valence-corrected chi connectivity index (χ3v) is 5.12. The highest BCUT2D eigenvalue weighted by Gasteiger charge is 2.15. The van der Waals surface area contributed by atoms with E-state index in [0.717, 1.165) is 10.6 Å². The number of nitro benzene ring substituents is 1. The smallest absolute Gasteiger partial charge is 0.272 e. The van der Waals surface area contributed by atoms with Gasteiger partial charge in [-0.3, -0.25) is 14.9 Å². The van der Waals surface area contributed by atoms with E-state index >= 15 is 0 Å². The fourth-order valence-electron chi connectivity index (χ4n) is 2.77. The Balaban J connectivity index is 1.58. The van der Waals surface area contributed by atoms with Crippen LogP contribution in [0.4, 0.5) is 11.4 Å². The van der Waals surface area contributed by atoms with Crippen LogP contribution >= 0.6 is 11.3 Å². The number of rotatable bonds is 4. The Labute approximate surface area is 162 Å². The summed E-state index contributed by atoms with van der Waals surface area (Å²) in [6, 6.07) is 11.6. The largest absolute Gasteiger partial charge is 0.322 e. The molecule has 28 heavy (non-hydrogen) atoms. The summed E-state index contributed by atoms with van der Waals surface area (Å²) in [5.41, 5.74) is 2.20. The minimum absolute atomic E-state index is 0.0166. The van der Waals surface area contributed by atoms with Crippen molar-refractivity contribution in [1.29, 1.82) is 0 Å². The molecule has 0 saturated heterocycles. The quantitative estimate of drug-likeness (QED) is 0.417. The monoisotopic (exact) mass is 394 g/mol. The van der Waals surface area contributed by atoms with Crippen LogP contribution in [0, 0.1) is 24.0 Å². The van der Waals surface area contributed by atoms with Gasteiger partial charge >= 0.3 is 0 Å². The van der Waals surface area contributed by atoms with E-state index < -0.39 is 4.92 Å². The van der Waals surface area contributed by atoms with Gasteiger partial charge in [-0.1, -0.05) is 23.5 Å². The number of benzene rings is 2. The molecule has 0 unspecified atom stereocenters. The average molecular weight is 394 g/mol. The van der Waals surface area contributed by atoms with Crippen LogP contribution in [-0.4, -0.2) is 30.6 Å². The molecule has 10 heteroatoms. The van der Waals surface area contributed by atoms with E-state index in [0.29, 0.717) is 27.6 Å². The Hall–Kier alpha value is -3.66. The molecule has 140 valence electrons. The molecule has 0 radical (unpaired) electrons. The van der Waals surface area contributed by atoms with Gasteiger partial charge in [0.25, 0.3) is 11.6 Å². The standard InChI is InChI=1S/C18H14N6O3S/c1-10-8-12(6-7-15(10)24(26)27)16(25)19-14-5-3-4-13(9-14)17-22-23-11(2)20-21-18(23)28-17/h3-9H,1-2H3,(H,19,25). The Morgan fingerprint density at radius 1 is 1.18 bits per heavy atom. The first kappa shape index (κ1) is 17.7. The highest BCUT2D eigenvalue weighted by molar-refractivity contribution is 7.19. The van der Waals surface area contributed by atoms with Gasteiger partial charge < -0.3 is 5.32 Å². The summed E-state index contributed by atoms with van der Waals surface area (Å²) < 4.78 is 1.67. The third kappa shape index (κ3) is 3.21. The second-order valence-electron chi connectivity index (χ2n) is 6.14. The molecule has 1 amide bonds. The first-order chi connectivity index (χ1) is 13.4. The highest BCUT2D eigenvalue weighted by Crippen LogP contribution is 2.27. The van der Waals surface area contributed by atoms with Crippen molar-refractivity contribution in [2.45, 2.75) is 13.8 Å². The number of amides is 1. The van der Waals surface area contributed by atoms with Crippen molar-refractivity contribution in [2.75, 3.05) is 5.32 Å². The van der Waals surface area contributed by atoms with Crippen LogP contribution in [0.5, 0.6) is 0 Å². The van der Waals surface area contributed by atoms with Crippen LogP contribution in [0.2, 0.25) is 0 Å². The molecule has 0 atom stereocenters. The topological polar surface area (TPSA) is 115 Å². The number of nitrogens with zero attached hydrogens (tertiary/aromatic N) is 5. The second-order valence-corrected chi connectivity index (χ2v) is 7.10. The van der Waals surface area contributed by atoms with Crippen LogP contribution < -0.4 is 5.32 Å². The maximum Gasteiger partial charge on any atom is 0.272 e. The van der Waals surface area contributed by atoms with Gasteiger partial charge in [0.05, 0.1) is 4.92 Å². The average Bonchev–Trinajstić information content (AvgIpc) is 3.24. The number of nitro groups is 1. The number of hydrogen-bond acceptors (Lipinski definition) is 7. The van der Waals surface area contributed by atoms with E-state index in [1.807, 2.05) is 25.1 Å². The summed E-state index contributed by atoms with van der Waals surface area (Å²) in [4.78, 5) is 23.7. The molecule has 2 aromatic carbocycles. The number of hydrogen-bond donors (Lipinski definition) is 1. The second kappa shape index (κ2) is 6.82. The van der Waals surface area contributed by atoms with Gasteiger partial charge in [-0.2, -0.15) is 9.61 Å². The number of anilines is 1. The van der Waals surface area contributed by atoms with Crippen molar-refractivity contribution in [3.8, 4) is 10.6 Å². The van der Waals surface area contributed by atoms with Crippen molar-refractivity contribution < 1.29 is 9.72 Å². The van der Waals surface area contributed by atoms with E-state index in [-0.39, 0.29) is 11.6 Å². The van der Waals surface area contributed by atoms with Gasteiger partial charge in [-0.15, -0.1) is 10.2 Å². The fraction of sp³-hybridized carbons (Fsp3) is 0.111. The zero-order valence-corrected chi connectivity index (χ0v) is 15.7. The van der Waals surface area contributed by atoms with E-state index in [1.165, 1.54) is 29.5 Å². The van der Waals surface area contributed by atoms with Crippen molar-refractivity contribution >= 4 is 33.6 Å². The zero-order valence-electron chi connectivity index (χ0n) is 14.9. The summed E-state index contributed by atoms with van der Waals surface area (Å²) in [7, 11) is 0. The van der Waals surface area contributed by atoms with Crippen LogP contribution in [0.1, 0.15) is 21.7 Å². The number of carbonyl (C=O) groups excluding carboxylic acids is 1. The summed E-state index contributed by atoms with van der Waals surface area (Å²) in [6.07, 6.45) is 0. The molecule has 4 rings (SSSR count). The van der Waals surface area contributed by atoms with Crippen LogP contribution in [0.25, 0.3) is 15.5 Å². The molecule has 0 spiro atoms. The molecular formula is C18H14N6O3S. The molecule has 4 aromatic rings. The normalized spacial score (nSPS) is 10.9. The third-order valence-electron chi connectivity index (χ3n) is 4.17. The lowest BCUT2D eigenvalue weighted by Crippen LogP contribution is -2.12. The van der Waals surface area contributed by atoms with E-state index in [9.17, 15) is 14.9 Å². The maximum atomic E-state index is 12.5. The molecule has 0 bridgehead atoms. The Kier molecular flexibility index (Phi) is 4.32. The summed E-state index contributed by atoms with van der Waals surface area (Å²) in [6.45, 7) is 3.43. The lowest BCUT2D eigenvalue weighted by Gasteiger charge is -2.07. The van der Waals surface area contributed by atoms with E-state index in [2.05, 4.69) is 20.6 Å². The van der Waals surface area contributed by atoms with Crippen molar-refractivity contribution in [3.05, 3.63) is 69.5 Å². The molecule has 0 fully saturated rings. The van der Waals surface area contributed by atoms with E-state index in [4.69, 9.17) is 0 Å². The predicted octanol–water partition coefficient (Wildman–Crippen LogP) is 3.63. The summed E-state index contributed by atoms with van der Waals surface area (Å²) in [5, 5.41) is 27.0. The van der Waals surface area contributed by atoms with Crippen molar-refractivity contribution in [2.24, 2.45) is 0 Å². The van der Waals surface area contributed by atoms with Crippen molar-refractivity contribution in [1.82, 2.24) is 19.8 Å². The van der Waals surface area contributed by atoms with E-state index in [1.54, 1.807) is 17.5 Å². The van der Waals surface area contributed by atoms with Gasteiger partial charge in [0.15, 0.2) is 5.82 Å². The predicted molar refractivity (Wildman–Crippen MR) is 105 cm³/mol. The molecular weight excluding hydrogens is 380 g/mol. The number of aryl methyl sites for hydroxylation is 2. The molecule has 0 aliphatic heterocycles. The molecule has 9 nitrogen and oxygen atoms in total. The lowest BCUT2D eigenvalue weighted by molar-refractivity contribution is -0.385. The van der Waals surface area contributed by atoms with Gasteiger partial charge in [-0.25, -0.2) is 0 Å². The molecule has 0 saturated carbocycles. The minimum atomic E-state index is -0.470. The van der Waals surface area contributed by atoms with Gasteiger partial charge in [-0.05, 0) is 38.1 Å². The van der Waals surface area contributed by atoms with Crippen LogP contribution in [0.15, 0.2) is 42.5 Å². The fourth-order valence-corrected chi connectivity index (χ4v) is 3.65. The van der Waals surface area contributed by atoms with Crippen LogP contribution in [0.3, 0.4) is 0 Å². The van der Waals surface area contributed by atoms with Gasteiger partial charge in [0.1, 0.15) is 5.01 Å². The molecule has 0 aliphatic rings. The SMILES string of the molecule is Cc1cc(C(=O)Nc2cccc(-c3nn4c(C)nnc4s3)c2)ccc1[N+](=O)[O-]. The Morgan fingerprint density at radius 2 is 2.00 bits per heavy atom. The first-order valence-electron chi connectivity index (χ1n) is 8.28. The number of fused-ring (bicyclic) bond motifs is 1. The molecule has 0 aliphatic carbocycles. The number of aromatic nitrogens is 4.